The molecule has 0 bridgehead atoms. The molecule has 1 aliphatic heterocycles. The van der Waals surface area contributed by atoms with Gasteiger partial charge < -0.3 is 34.1 Å². The second-order valence-corrected chi connectivity index (χ2v) is 9.53. The van der Waals surface area contributed by atoms with Crippen molar-refractivity contribution in [2.45, 2.75) is 25.9 Å². The minimum Gasteiger partial charge on any atom is -0.493 e. The van der Waals surface area contributed by atoms with Crippen LogP contribution in [0.15, 0.2) is 54.7 Å². The number of amides is 1. The molecule has 1 amide bonds. The highest BCUT2D eigenvalue weighted by Crippen LogP contribution is 2.42. The summed E-state index contributed by atoms with van der Waals surface area (Å²) in [6, 6.07) is 15.4. The quantitative estimate of drug-likeness (QED) is 0.304. The summed E-state index contributed by atoms with van der Waals surface area (Å²) in [7, 11) is 2.92. The van der Waals surface area contributed by atoms with Gasteiger partial charge in [-0.05, 0) is 42.2 Å². The van der Waals surface area contributed by atoms with Crippen molar-refractivity contribution in [3.05, 3.63) is 71.5 Å². The van der Waals surface area contributed by atoms with Crippen LogP contribution in [0, 0.1) is 5.92 Å². The maximum absolute atomic E-state index is 13.1. The molecule has 0 radical (unpaired) electrons. The lowest BCUT2D eigenvalue weighted by atomic mass is 10.1. The molecule has 1 fully saturated rings. The molecular formula is C29H28N4O6. The van der Waals surface area contributed by atoms with Crippen molar-refractivity contribution in [2.24, 2.45) is 5.92 Å². The first-order valence-corrected chi connectivity index (χ1v) is 12.7. The van der Waals surface area contributed by atoms with E-state index in [1.54, 1.807) is 17.9 Å². The number of esters is 1. The lowest BCUT2D eigenvalue weighted by Gasteiger charge is -2.11. The lowest BCUT2D eigenvalue weighted by Crippen LogP contribution is -2.18. The minimum absolute atomic E-state index is 0.0433. The third-order valence-corrected chi connectivity index (χ3v) is 6.87. The largest absolute Gasteiger partial charge is 0.493 e. The van der Waals surface area contributed by atoms with Gasteiger partial charge in [-0.2, -0.15) is 0 Å². The molecule has 3 heterocycles. The second kappa shape index (κ2) is 10.2. The van der Waals surface area contributed by atoms with Gasteiger partial charge in [0.25, 0.3) is 0 Å². The summed E-state index contributed by atoms with van der Waals surface area (Å²) in [5.74, 6) is 1.13. The van der Waals surface area contributed by atoms with Crippen LogP contribution in [-0.2, 0) is 22.6 Å². The van der Waals surface area contributed by atoms with Crippen LogP contribution >= 0.6 is 0 Å². The van der Waals surface area contributed by atoms with Gasteiger partial charge in [-0.1, -0.05) is 30.3 Å². The van der Waals surface area contributed by atoms with Crippen LogP contribution < -0.4 is 24.8 Å². The number of pyridine rings is 1. The third-order valence-electron chi connectivity index (χ3n) is 6.87. The van der Waals surface area contributed by atoms with Crippen LogP contribution in [0.5, 0.6) is 17.2 Å². The van der Waals surface area contributed by atoms with E-state index in [4.69, 9.17) is 23.9 Å². The van der Waals surface area contributed by atoms with Crippen molar-refractivity contribution >= 4 is 34.3 Å². The van der Waals surface area contributed by atoms with E-state index >= 15 is 0 Å². The normalized spacial score (nSPS) is 13.8. The Labute approximate surface area is 224 Å². The molecule has 4 aromatic rings. The van der Waals surface area contributed by atoms with Gasteiger partial charge >= 0.3 is 5.97 Å². The highest BCUT2D eigenvalue weighted by Gasteiger charge is 2.33. The summed E-state index contributed by atoms with van der Waals surface area (Å²) in [5, 5.41) is 7.03. The maximum Gasteiger partial charge on any atom is 0.356 e. The molecule has 1 aliphatic carbocycles. The fourth-order valence-corrected chi connectivity index (χ4v) is 4.74. The molecule has 2 aromatic carbocycles. The van der Waals surface area contributed by atoms with Gasteiger partial charge in [0.15, 0.2) is 17.2 Å². The maximum atomic E-state index is 13.1. The molecule has 2 N–H and O–H groups in total. The number of benzene rings is 2. The van der Waals surface area contributed by atoms with E-state index in [9.17, 15) is 9.59 Å². The number of rotatable bonds is 9. The predicted octanol–water partition coefficient (Wildman–Crippen LogP) is 4.57. The number of aromatic nitrogens is 2. The molecule has 0 unspecified atom stereocenters. The van der Waals surface area contributed by atoms with Crippen LogP contribution in [-0.4, -0.2) is 42.4 Å². The van der Waals surface area contributed by atoms with Crippen LogP contribution in [0.1, 0.15) is 34.5 Å². The molecule has 1 saturated carbocycles. The Kier molecular flexibility index (Phi) is 6.44. The van der Waals surface area contributed by atoms with Crippen LogP contribution in [0.4, 0.5) is 11.4 Å². The standard InChI is InChI=1S/C29H28N4O6/c1-36-22-10-18(11-23-26(22)39-16-38-23)13-30-20-12-21-24(32-28(34)19-8-9-19)25(29(35)37-2)33(27(21)31-14-20)15-17-6-4-3-5-7-17/h3-7,10-12,14,19,30H,8-9,13,15-16H2,1-2H3,(H,32,34). The van der Waals surface area contributed by atoms with Crippen molar-refractivity contribution in [1.82, 2.24) is 9.55 Å². The van der Waals surface area contributed by atoms with Gasteiger partial charge in [0.2, 0.25) is 18.4 Å². The number of methoxy groups -OCH3 is 2. The molecule has 0 saturated heterocycles. The smallest absolute Gasteiger partial charge is 0.356 e. The Bertz CT molecular complexity index is 1560. The van der Waals surface area contributed by atoms with Crippen molar-refractivity contribution in [3.8, 4) is 17.2 Å². The molecule has 2 aromatic heterocycles. The summed E-state index contributed by atoms with van der Waals surface area (Å²) >= 11 is 0. The number of carbonyl (C=O) groups is 2. The topological polar surface area (TPSA) is 113 Å². The molecule has 10 heteroatoms. The van der Waals surface area contributed by atoms with Crippen molar-refractivity contribution in [2.75, 3.05) is 31.6 Å². The van der Waals surface area contributed by atoms with E-state index in [0.717, 1.165) is 24.0 Å². The van der Waals surface area contributed by atoms with E-state index in [-0.39, 0.29) is 24.3 Å². The van der Waals surface area contributed by atoms with E-state index in [0.29, 0.717) is 52.7 Å². The zero-order valence-electron chi connectivity index (χ0n) is 21.7. The number of ether oxygens (including phenoxy) is 4. The summed E-state index contributed by atoms with van der Waals surface area (Å²) in [6.07, 6.45) is 3.39. The summed E-state index contributed by atoms with van der Waals surface area (Å²) in [6.45, 7) is 0.997. The van der Waals surface area contributed by atoms with Gasteiger partial charge in [-0.3, -0.25) is 4.79 Å². The van der Waals surface area contributed by atoms with E-state index < -0.39 is 5.97 Å². The molecule has 0 spiro atoms. The lowest BCUT2D eigenvalue weighted by molar-refractivity contribution is -0.117. The first-order chi connectivity index (χ1) is 19.1. The van der Waals surface area contributed by atoms with E-state index in [1.807, 2.05) is 48.5 Å². The predicted molar refractivity (Wildman–Crippen MR) is 144 cm³/mol. The average molecular weight is 529 g/mol. The number of carbonyl (C=O) groups excluding carboxylic acids is 2. The Hall–Kier alpha value is -4.73. The van der Waals surface area contributed by atoms with Crippen LogP contribution in [0.2, 0.25) is 0 Å². The SMILES string of the molecule is COC(=O)c1c(NC(=O)C2CC2)c2cc(NCc3cc(OC)c4c(c3)OCO4)cnc2n1Cc1ccccc1. The van der Waals surface area contributed by atoms with Gasteiger partial charge in [-0.15, -0.1) is 0 Å². The molecule has 6 rings (SSSR count). The number of hydrogen-bond donors (Lipinski definition) is 2. The van der Waals surface area contributed by atoms with Gasteiger partial charge in [0, 0.05) is 24.4 Å². The zero-order chi connectivity index (χ0) is 26.9. The first kappa shape index (κ1) is 24.6. The zero-order valence-corrected chi connectivity index (χ0v) is 21.7. The second-order valence-electron chi connectivity index (χ2n) is 9.53. The fraction of sp³-hybridized carbons (Fsp3) is 0.276. The molecule has 39 heavy (non-hydrogen) atoms. The summed E-state index contributed by atoms with van der Waals surface area (Å²) in [5.41, 5.74) is 3.87. The summed E-state index contributed by atoms with van der Waals surface area (Å²) in [4.78, 5) is 30.6. The first-order valence-electron chi connectivity index (χ1n) is 12.7. The van der Waals surface area contributed by atoms with Gasteiger partial charge in [0.1, 0.15) is 5.65 Å². The van der Waals surface area contributed by atoms with E-state index in [2.05, 4.69) is 10.6 Å². The fourth-order valence-electron chi connectivity index (χ4n) is 4.74. The van der Waals surface area contributed by atoms with Crippen LogP contribution in [0.3, 0.4) is 0 Å². The number of nitrogens with zero attached hydrogens (tertiary/aromatic N) is 2. The molecule has 200 valence electrons. The number of hydrogen-bond acceptors (Lipinski definition) is 8. The third kappa shape index (κ3) is 4.81. The van der Waals surface area contributed by atoms with Crippen molar-refractivity contribution in [3.63, 3.8) is 0 Å². The Balaban J connectivity index is 1.38. The number of nitrogens with one attached hydrogen (secondary N) is 2. The Morgan fingerprint density at radius 3 is 2.64 bits per heavy atom. The molecule has 0 atom stereocenters. The van der Waals surface area contributed by atoms with Crippen molar-refractivity contribution < 1.29 is 28.5 Å². The van der Waals surface area contributed by atoms with E-state index in [1.165, 1.54) is 7.11 Å². The highest BCUT2D eigenvalue weighted by atomic mass is 16.7. The summed E-state index contributed by atoms with van der Waals surface area (Å²) < 4.78 is 23.4. The Morgan fingerprint density at radius 1 is 1.08 bits per heavy atom. The van der Waals surface area contributed by atoms with Gasteiger partial charge in [0.05, 0.1) is 31.8 Å². The Morgan fingerprint density at radius 2 is 1.90 bits per heavy atom. The molecular weight excluding hydrogens is 500 g/mol. The average Bonchev–Trinajstić information content (AvgIpc) is 3.65. The molecule has 2 aliphatic rings. The van der Waals surface area contributed by atoms with Crippen LogP contribution in [0.25, 0.3) is 11.0 Å². The number of fused-ring (bicyclic) bond motifs is 2. The van der Waals surface area contributed by atoms with Crippen molar-refractivity contribution in [1.29, 1.82) is 0 Å². The molecule has 10 nitrogen and oxygen atoms in total. The number of anilines is 2. The minimum atomic E-state index is -0.544. The van der Waals surface area contributed by atoms with Gasteiger partial charge in [-0.25, -0.2) is 9.78 Å². The highest BCUT2D eigenvalue weighted by molar-refractivity contribution is 6.11. The monoisotopic (exact) mass is 528 g/mol.